The molecule has 0 unspecified atom stereocenters. The van der Waals surface area contributed by atoms with Crippen molar-refractivity contribution in [2.45, 2.75) is 59.4 Å². The van der Waals surface area contributed by atoms with Crippen LogP contribution in [0, 0.1) is 20.8 Å². The summed E-state index contributed by atoms with van der Waals surface area (Å²) in [6.07, 6.45) is 0.0847. The van der Waals surface area contributed by atoms with E-state index in [1.807, 2.05) is 35.4 Å². The van der Waals surface area contributed by atoms with E-state index in [1.54, 1.807) is 11.3 Å². The first-order chi connectivity index (χ1) is 18.0. The Labute approximate surface area is 226 Å². The number of anilines is 2. The van der Waals surface area contributed by atoms with Crippen molar-refractivity contribution >= 4 is 34.5 Å². The zero-order valence-electron chi connectivity index (χ0n) is 23.1. The fourth-order valence-corrected chi connectivity index (χ4v) is 5.79. The number of aromatic nitrogens is 5. The van der Waals surface area contributed by atoms with Crippen LogP contribution < -0.4 is 5.32 Å². The van der Waals surface area contributed by atoms with Crippen LogP contribution >= 0.6 is 11.3 Å². The van der Waals surface area contributed by atoms with Crippen molar-refractivity contribution in [3.05, 3.63) is 69.2 Å². The van der Waals surface area contributed by atoms with Gasteiger partial charge in [-0.3, -0.25) is 19.0 Å². The van der Waals surface area contributed by atoms with Crippen LogP contribution in [0.4, 0.5) is 11.5 Å². The highest BCUT2D eigenvalue weighted by molar-refractivity contribution is 7.15. The third-order valence-corrected chi connectivity index (χ3v) is 8.10. The van der Waals surface area contributed by atoms with Gasteiger partial charge in [-0.05, 0) is 38.5 Å². The lowest BCUT2D eigenvalue weighted by atomic mass is 9.92. The molecule has 1 aliphatic rings. The number of aliphatic imine (C=N–C) groups is 1. The van der Waals surface area contributed by atoms with Gasteiger partial charge in [0.05, 0.1) is 24.9 Å². The standard InChI is InChI=1S/C28H33N7O2S/c1-15-16(2)38-27-24(15)25(30-20(13-23(36)37-8)26-32-31-17(3)35(26)27)18-9-11-19(12-10-18)29-22-14-21(28(4,5)6)33-34(22)7/h9-12,14,20,29H,13H2,1-8H3/t20-/m0/s1. The lowest BCUT2D eigenvalue weighted by molar-refractivity contribution is -0.141. The number of fused-ring (bicyclic) bond motifs is 3. The summed E-state index contributed by atoms with van der Waals surface area (Å²) >= 11 is 1.69. The number of carbonyl (C=O) groups excluding carboxylic acids is 1. The Kier molecular flexibility index (Phi) is 6.46. The third-order valence-electron chi connectivity index (χ3n) is 6.91. The molecule has 0 saturated heterocycles. The second-order valence-electron chi connectivity index (χ2n) is 10.7. The monoisotopic (exact) mass is 531 g/mol. The van der Waals surface area contributed by atoms with Crippen LogP contribution in [0.5, 0.6) is 0 Å². The molecule has 1 atom stereocenters. The largest absolute Gasteiger partial charge is 0.469 e. The molecule has 5 rings (SSSR count). The number of rotatable bonds is 5. The summed E-state index contributed by atoms with van der Waals surface area (Å²) < 4.78 is 8.89. The number of hydrogen-bond donors (Lipinski definition) is 1. The predicted octanol–water partition coefficient (Wildman–Crippen LogP) is 5.48. The average molecular weight is 532 g/mol. The molecule has 0 bridgehead atoms. The van der Waals surface area contributed by atoms with Crippen LogP contribution in [-0.2, 0) is 22.0 Å². The smallest absolute Gasteiger partial charge is 0.308 e. The number of hydrogen-bond acceptors (Lipinski definition) is 8. The molecule has 10 heteroatoms. The first-order valence-electron chi connectivity index (χ1n) is 12.6. The number of thiophene rings is 1. The van der Waals surface area contributed by atoms with Crippen LogP contribution in [0.15, 0.2) is 35.3 Å². The summed E-state index contributed by atoms with van der Waals surface area (Å²) in [6, 6.07) is 9.78. The quantitative estimate of drug-likeness (QED) is 0.342. The van der Waals surface area contributed by atoms with E-state index in [4.69, 9.17) is 9.73 Å². The predicted molar refractivity (Wildman–Crippen MR) is 150 cm³/mol. The van der Waals surface area contributed by atoms with E-state index in [0.717, 1.165) is 50.4 Å². The zero-order valence-corrected chi connectivity index (χ0v) is 23.9. The second kappa shape index (κ2) is 9.50. The summed E-state index contributed by atoms with van der Waals surface area (Å²) in [5.74, 6) is 2.00. The number of nitrogens with one attached hydrogen (secondary N) is 1. The van der Waals surface area contributed by atoms with Crippen LogP contribution in [0.3, 0.4) is 0 Å². The third kappa shape index (κ3) is 4.53. The second-order valence-corrected chi connectivity index (χ2v) is 11.9. The van der Waals surface area contributed by atoms with Crippen LogP contribution in [0.25, 0.3) is 5.00 Å². The SMILES string of the molecule is COC(=O)C[C@@H]1N=C(c2ccc(Nc3cc(C(C)(C)C)nn3C)cc2)c2c(sc(C)c2C)-n2c(C)nnc21. The Hall–Kier alpha value is -3.79. The number of methoxy groups -OCH3 is 1. The van der Waals surface area contributed by atoms with Gasteiger partial charge in [-0.15, -0.1) is 21.5 Å². The van der Waals surface area contributed by atoms with Crippen molar-refractivity contribution in [1.29, 1.82) is 0 Å². The topological polar surface area (TPSA) is 99.2 Å². The molecule has 38 heavy (non-hydrogen) atoms. The molecule has 0 fully saturated rings. The lowest BCUT2D eigenvalue weighted by Gasteiger charge is -2.13. The highest BCUT2D eigenvalue weighted by atomic mass is 32.1. The van der Waals surface area contributed by atoms with E-state index >= 15 is 0 Å². The van der Waals surface area contributed by atoms with Gasteiger partial charge >= 0.3 is 5.97 Å². The Bertz CT molecular complexity index is 1550. The summed E-state index contributed by atoms with van der Waals surface area (Å²) in [5.41, 5.74) is 5.95. The fraction of sp³-hybridized carbons (Fsp3) is 0.393. The Balaban J connectivity index is 1.56. The van der Waals surface area contributed by atoms with E-state index in [2.05, 4.69) is 73.4 Å². The van der Waals surface area contributed by atoms with E-state index in [-0.39, 0.29) is 17.8 Å². The van der Waals surface area contributed by atoms with Gasteiger partial charge in [0.1, 0.15) is 22.7 Å². The minimum Gasteiger partial charge on any atom is -0.469 e. The molecule has 1 aromatic carbocycles. The van der Waals surface area contributed by atoms with Crippen molar-refractivity contribution in [2.75, 3.05) is 12.4 Å². The van der Waals surface area contributed by atoms with Crippen LogP contribution in [0.1, 0.15) is 72.1 Å². The summed E-state index contributed by atoms with van der Waals surface area (Å²) in [6.45, 7) is 12.6. The van der Waals surface area contributed by atoms with E-state index in [9.17, 15) is 4.79 Å². The number of benzene rings is 1. The molecule has 0 spiro atoms. The Morgan fingerprint density at radius 3 is 2.47 bits per heavy atom. The fourth-order valence-electron chi connectivity index (χ4n) is 4.58. The number of nitrogens with zero attached hydrogens (tertiary/aromatic N) is 6. The molecule has 198 valence electrons. The first-order valence-corrected chi connectivity index (χ1v) is 13.4. The Morgan fingerprint density at radius 2 is 1.84 bits per heavy atom. The van der Waals surface area contributed by atoms with Crippen molar-refractivity contribution in [3.8, 4) is 5.00 Å². The Morgan fingerprint density at radius 1 is 1.13 bits per heavy atom. The number of esters is 1. The molecule has 3 aromatic heterocycles. The minimum atomic E-state index is -0.513. The van der Waals surface area contributed by atoms with Crippen LogP contribution in [0.2, 0.25) is 0 Å². The molecule has 4 aromatic rings. The van der Waals surface area contributed by atoms with E-state index in [0.29, 0.717) is 5.82 Å². The van der Waals surface area contributed by atoms with Gasteiger partial charge in [0.15, 0.2) is 5.82 Å². The van der Waals surface area contributed by atoms with Gasteiger partial charge in [-0.25, -0.2) is 0 Å². The van der Waals surface area contributed by atoms with Gasteiger partial charge in [0.2, 0.25) is 0 Å². The normalized spacial score (nSPS) is 14.9. The number of ether oxygens (including phenoxy) is 1. The molecule has 0 saturated carbocycles. The minimum absolute atomic E-state index is 0.0319. The lowest BCUT2D eigenvalue weighted by Crippen LogP contribution is -2.12. The average Bonchev–Trinajstić information content (AvgIpc) is 3.49. The maximum Gasteiger partial charge on any atom is 0.308 e. The molecular weight excluding hydrogens is 498 g/mol. The molecule has 1 N–H and O–H groups in total. The van der Waals surface area contributed by atoms with Gasteiger partial charge in [-0.1, -0.05) is 32.9 Å². The van der Waals surface area contributed by atoms with Crippen molar-refractivity contribution < 1.29 is 9.53 Å². The number of aryl methyl sites for hydroxylation is 3. The van der Waals surface area contributed by atoms with Crippen molar-refractivity contribution in [1.82, 2.24) is 24.5 Å². The number of carbonyl (C=O) groups is 1. The summed E-state index contributed by atoms with van der Waals surface area (Å²) in [7, 11) is 3.33. The highest BCUT2D eigenvalue weighted by Crippen LogP contribution is 2.39. The maximum absolute atomic E-state index is 12.3. The summed E-state index contributed by atoms with van der Waals surface area (Å²) in [5, 5.41) is 17.9. The van der Waals surface area contributed by atoms with Gasteiger partial charge in [-0.2, -0.15) is 5.10 Å². The molecule has 0 radical (unpaired) electrons. The van der Waals surface area contributed by atoms with E-state index < -0.39 is 6.04 Å². The zero-order chi connectivity index (χ0) is 27.4. The molecule has 0 aliphatic carbocycles. The molecule has 1 aliphatic heterocycles. The first kappa shape index (κ1) is 25.8. The molecule has 9 nitrogen and oxygen atoms in total. The molecular formula is C28H33N7O2S. The van der Waals surface area contributed by atoms with Gasteiger partial charge in [0.25, 0.3) is 0 Å². The van der Waals surface area contributed by atoms with Crippen LogP contribution in [-0.4, -0.2) is 43.3 Å². The highest BCUT2D eigenvalue weighted by Gasteiger charge is 2.32. The molecule has 0 amide bonds. The van der Waals surface area contributed by atoms with Crippen molar-refractivity contribution in [3.63, 3.8) is 0 Å². The maximum atomic E-state index is 12.3. The van der Waals surface area contributed by atoms with Crippen molar-refractivity contribution in [2.24, 2.45) is 12.0 Å². The van der Waals surface area contributed by atoms with Gasteiger partial charge in [0, 0.05) is 40.2 Å². The van der Waals surface area contributed by atoms with Gasteiger partial charge < -0.3 is 10.1 Å². The molecule has 4 heterocycles. The summed E-state index contributed by atoms with van der Waals surface area (Å²) in [4.78, 5) is 18.7. The van der Waals surface area contributed by atoms with E-state index in [1.165, 1.54) is 12.0 Å².